The van der Waals surface area contributed by atoms with Crippen molar-refractivity contribution in [3.8, 4) is 5.75 Å². The maximum absolute atomic E-state index is 11.7. The minimum absolute atomic E-state index is 0.309. The van der Waals surface area contributed by atoms with Gasteiger partial charge in [-0.15, -0.1) is 13.2 Å². The van der Waals surface area contributed by atoms with Crippen molar-refractivity contribution in [1.82, 2.24) is 4.98 Å². The van der Waals surface area contributed by atoms with Crippen molar-refractivity contribution >= 4 is 28.4 Å². The lowest BCUT2D eigenvalue weighted by Crippen LogP contribution is -2.17. The van der Waals surface area contributed by atoms with E-state index in [1.807, 2.05) is 0 Å². The van der Waals surface area contributed by atoms with Gasteiger partial charge in [0.15, 0.2) is 0 Å². The van der Waals surface area contributed by atoms with E-state index in [1.54, 1.807) is 0 Å². The molecule has 0 fully saturated rings. The van der Waals surface area contributed by atoms with Gasteiger partial charge in [0.1, 0.15) is 11.4 Å². The second kappa shape index (κ2) is 4.24. The molecule has 3 nitrogen and oxygen atoms in total. The summed E-state index contributed by atoms with van der Waals surface area (Å²) in [6.07, 6.45) is -4.13. The second-order valence-corrected chi connectivity index (χ2v) is 3.07. The van der Waals surface area contributed by atoms with Crippen LogP contribution in [0.4, 0.5) is 13.2 Å². The van der Waals surface area contributed by atoms with Crippen LogP contribution in [-0.2, 0) is 0 Å². The maximum Gasteiger partial charge on any atom is 0.573 e. The van der Waals surface area contributed by atoms with Crippen LogP contribution in [0.1, 0.15) is 10.5 Å². The second-order valence-electron chi connectivity index (χ2n) is 2.32. The van der Waals surface area contributed by atoms with Gasteiger partial charge >= 0.3 is 6.36 Å². The highest BCUT2D eigenvalue weighted by Gasteiger charge is 2.31. The Bertz CT molecular complexity index is 394. The van der Waals surface area contributed by atoms with E-state index in [-0.39, 0.29) is 10.7 Å². The van der Waals surface area contributed by atoms with Crippen molar-refractivity contribution in [3.05, 3.63) is 23.0 Å². The summed E-state index contributed by atoms with van der Waals surface area (Å²) in [5.41, 5.74) is -0.326. The largest absolute Gasteiger partial charge is 0.573 e. The molecule has 82 valence electrons. The van der Waals surface area contributed by atoms with Crippen LogP contribution in [0.3, 0.4) is 0 Å². The molecule has 0 saturated heterocycles. The SMILES string of the molecule is O=C(Cl)c1ncc(OC(F)(F)F)cc1Cl. The summed E-state index contributed by atoms with van der Waals surface area (Å²) < 4.78 is 38.8. The van der Waals surface area contributed by atoms with Gasteiger partial charge in [0, 0.05) is 6.07 Å². The average molecular weight is 260 g/mol. The van der Waals surface area contributed by atoms with Crippen molar-refractivity contribution in [2.24, 2.45) is 0 Å². The molecular formula is C7H2Cl2F3NO2. The third kappa shape index (κ3) is 3.56. The number of aromatic nitrogens is 1. The third-order valence-electron chi connectivity index (χ3n) is 1.24. The van der Waals surface area contributed by atoms with E-state index < -0.39 is 17.4 Å². The number of rotatable bonds is 2. The van der Waals surface area contributed by atoms with Crippen LogP contribution in [0.25, 0.3) is 0 Å². The number of hydrogen-bond acceptors (Lipinski definition) is 3. The Kier molecular flexibility index (Phi) is 3.41. The van der Waals surface area contributed by atoms with Gasteiger partial charge in [-0.2, -0.15) is 0 Å². The van der Waals surface area contributed by atoms with Gasteiger partial charge in [-0.1, -0.05) is 11.6 Å². The van der Waals surface area contributed by atoms with Gasteiger partial charge in [0.2, 0.25) is 0 Å². The van der Waals surface area contributed by atoms with Crippen LogP contribution in [-0.4, -0.2) is 16.6 Å². The highest BCUT2D eigenvalue weighted by molar-refractivity contribution is 6.68. The zero-order valence-corrected chi connectivity index (χ0v) is 8.32. The fourth-order valence-corrected chi connectivity index (χ4v) is 1.20. The number of alkyl halides is 3. The quantitative estimate of drug-likeness (QED) is 0.767. The number of nitrogens with zero attached hydrogens (tertiary/aromatic N) is 1. The average Bonchev–Trinajstić information content (AvgIpc) is 1.99. The van der Waals surface area contributed by atoms with Gasteiger partial charge in [-0.25, -0.2) is 4.98 Å². The predicted octanol–water partition coefficient (Wildman–Crippen LogP) is 3.01. The van der Waals surface area contributed by atoms with Crippen molar-refractivity contribution in [3.63, 3.8) is 0 Å². The first-order chi connectivity index (χ1) is 6.79. The summed E-state index contributed by atoms with van der Waals surface area (Å²) in [5.74, 6) is -0.617. The lowest BCUT2D eigenvalue weighted by molar-refractivity contribution is -0.274. The van der Waals surface area contributed by atoms with E-state index in [0.717, 1.165) is 6.07 Å². The molecule has 0 N–H and O–H groups in total. The van der Waals surface area contributed by atoms with Crippen molar-refractivity contribution < 1.29 is 22.7 Å². The number of carbonyl (C=O) groups excluding carboxylic acids is 1. The fraction of sp³-hybridized carbons (Fsp3) is 0.143. The van der Waals surface area contributed by atoms with Gasteiger partial charge in [0.05, 0.1) is 11.2 Å². The lowest BCUT2D eigenvalue weighted by atomic mass is 10.3. The Balaban J connectivity index is 2.97. The highest BCUT2D eigenvalue weighted by Crippen LogP contribution is 2.26. The fourth-order valence-electron chi connectivity index (χ4n) is 0.754. The topological polar surface area (TPSA) is 39.2 Å². The Hall–Kier alpha value is -1.01. The van der Waals surface area contributed by atoms with E-state index in [0.29, 0.717) is 6.20 Å². The normalized spacial score (nSPS) is 11.3. The van der Waals surface area contributed by atoms with E-state index in [1.165, 1.54) is 0 Å². The molecule has 1 heterocycles. The first kappa shape index (κ1) is 12.1. The van der Waals surface area contributed by atoms with Crippen LogP contribution in [0.15, 0.2) is 12.3 Å². The molecule has 0 unspecified atom stereocenters. The number of halogens is 5. The van der Waals surface area contributed by atoms with Crippen molar-refractivity contribution in [2.75, 3.05) is 0 Å². The molecule has 0 saturated carbocycles. The van der Waals surface area contributed by atoms with E-state index in [4.69, 9.17) is 23.2 Å². The molecule has 1 aromatic rings. The Morgan fingerprint density at radius 2 is 2.07 bits per heavy atom. The summed E-state index contributed by atoms with van der Waals surface area (Å²) >= 11 is 10.5. The lowest BCUT2D eigenvalue weighted by Gasteiger charge is -2.08. The van der Waals surface area contributed by atoms with Gasteiger partial charge in [-0.05, 0) is 11.6 Å². The van der Waals surface area contributed by atoms with Crippen LogP contribution in [0.5, 0.6) is 5.75 Å². The Morgan fingerprint density at radius 1 is 1.47 bits per heavy atom. The van der Waals surface area contributed by atoms with Gasteiger partial charge in [0.25, 0.3) is 5.24 Å². The molecule has 0 amide bonds. The van der Waals surface area contributed by atoms with Crippen molar-refractivity contribution in [1.29, 1.82) is 0 Å². The third-order valence-corrected chi connectivity index (χ3v) is 1.70. The molecule has 1 rings (SSSR count). The number of ether oxygens (including phenoxy) is 1. The summed E-state index contributed by atoms with van der Waals surface area (Å²) in [6, 6.07) is 0.803. The molecule has 0 bridgehead atoms. The zero-order chi connectivity index (χ0) is 11.6. The molecule has 0 spiro atoms. The molecule has 0 atom stereocenters. The van der Waals surface area contributed by atoms with Gasteiger partial charge < -0.3 is 4.74 Å². The standard InChI is InChI=1S/C7H2Cl2F3NO2/c8-4-1-3(15-7(10,11)12)2-13-5(4)6(9)14/h1-2H. The number of hydrogen-bond donors (Lipinski definition) is 0. The minimum atomic E-state index is -4.84. The number of carbonyl (C=O) groups is 1. The minimum Gasteiger partial charge on any atom is -0.404 e. The van der Waals surface area contributed by atoms with E-state index >= 15 is 0 Å². The molecule has 15 heavy (non-hydrogen) atoms. The summed E-state index contributed by atoms with van der Waals surface area (Å²) in [6.45, 7) is 0. The molecule has 0 aliphatic carbocycles. The summed E-state index contributed by atoms with van der Waals surface area (Å²) in [5, 5.41) is -1.27. The van der Waals surface area contributed by atoms with E-state index in [2.05, 4.69) is 9.72 Å². The Labute approximate surface area is 91.8 Å². The molecule has 0 radical (unpaired) electrons. The van der Waals surface area contributed by atoms with Crippen LogP contribution in [0, 0.1) is 0 Å². The zero-order valence-electron chi connectivity index (χ0n) is 6.81. The molecule has 1 aromatic heterocycles. The first-order valence-electron chi connectivity index (χ1n) is 3.41. The molecule has 8 heteroatoms. The smallest absolute Gasteiger partial charge is 0.404 e. The van der Waals surface area contributed by atoms with Crippen molar-refractivity contribution in [2.45, 2.75) is 6.36 Å². The monoisotopic (exact) mass is 259 g/mol. The first-order valence-corrected chi connectivity index (χ1v) is 4.16. The molecule has 0 aromatic carbocycles. The molecular weight excluding hydrogens is 258 g/mol. The molecule has 0 aliphatic rings. The van der Waals surface area contributed by atoms with Crippen LogP contribution >= 0.6 is 23.2 Å². The summed E-state index contributed by atoms with van der Waals surface area (Å²) in [7, 11) is 0. The number of pyridine rings is 1. The van der Waals surface area contributed by atoms with Crippen LogP contribution in [0.2, 0.25) is 5.02 Å². The highest BCUT2D eigenvalue weighted by atomic mass is 35.5. The molecule has 0 aliphatic heterocycles. The summed E-state index contributed by atoms with van der Waals surface area (Å²) in [4.78, 5) is 13.9. The van der Waals surface area contributed by atoms with E-state index in [9.17, 15) is 18.0 Å². The van der Waals surface area contributed by atoms with Crippen LogP contribution < -0.4 is 4.74 Å². The maximum atomic E-state index is 11.7. The van der Waals surface area contributed by atoms with Gasteiger partial charge in [-0.3, -0.25) is 4.79 Å². The Morgan fingerprint density at radius 3 is 2.47 bits per heavy atom. The predicted molar refractivity (Wildman–Crippen MR) is 46.1 cm³/mol.